The van der Waals surface area contributed by atoms with E-state index >= 15 is 0 Å². The zero-order valence-electron chi connectivity index (χ0n) is 15.9. The van der Waals surface area contributed by atoms with E-state index in [0.717, 1.165) is 32.9 Å². The minimum atomic E-state index is -0.408. The monoisotopic (exact) mass is 387 g/mol. The van der Waals surface area contributed by atoms with Crippen molar-refractivity contribution in [1.82, 2.24) is 19.7 Å². The predicted octanol–water partition coefficient (Wildman–Crippen LogP) is 4.51. The van der Waals surface area contributed by atoms with Crippen LogP contribution in [0.2, 0.25) is 0 Å². The molecule has 2 aromatic carbocycles. The summed E-state index contributed by atoms with van der Waals surface area (Å²) in [6.45, 7) is 0. The predicted molar refractivity (Wildman–Crippen MR) is 112 cm³/mol. The van der Waals surface area contributed by atoms with Gasteiger partial charge in [-0.25, -0.2) is 4.39 Å². The van der Waals surface area contributed by atoms with Gasteiger partial charge in [0, 0.05) is 58.7 Å². The fourth-order valence-corrected chi connectivity index (χ4v) is 3.76. The summed E-state index contributed by atoms with van der Waals surface area (Å²) >= 11 is 0. The van der Waals surface area contributed by atoms with Crippen LogP contribution in [0, 0.1) is 5.82 Å². The number of nitrogen functional groups attached to an aromatic ring is 1. The molecule has 5 aromatic rings. The van der Waals surface area contributed by atoms with Crippen LogP contribution in [0.4, 0.5) is 10.1 Å². The van der Waals surface area contributed by atoms with Gasteiger partial charge in [0.1, 0.15) is 17.3 Å². The highest BCUT2D eigenvalue weighted by molar-refractivity contribution is 6.12. The van der Waals surface area contributed by atoms with Crippen LogP contribution in [0.25, 0.3) is 44.2 Å². The number of ether oxygens (including phenoxy) is 1. The second-order valence-corrected chi connectivity index (χ2v) is 6.90. The molecule has 0 saturated heterocycles. The average molecular weight is 387 g/mol. The Bertz CT molecular complexity index is 1370. The number of rotatable bonds is 3. The number of hydrogen-bond acceptors (Lipinski definition) is 4. The second kappa shape index (κ2) is 6.34. The number of aryl methyl sites for hydroxylation is 1. The minimum Gasteiger partial charge on any atom is -0.496 e. The van der Waals surface area contributed by atoms with E-state index in [-0.39, 0.29) is 0 Å². The lowest BCUT2D eigenvalue weighted by atomic mass is 9.99. The second-order valence-electron chi connectivity index (χ2n) is 6.90. The largest absolute Gasteiger partial charge is 0.496 e. The van der Waals surface area contributed by atoms with Crippen molar-refractivity contribution in [2.24, 2.45) is 7.05 Å². The third-order valence-electron chi connectivity index (χ3n) is 5.16. The smallest absolute Gasteiger partial charge is 0.134 e. The molecule has 0 bridgehead atoms. The molecule has 6 nitrogen and oxygen atoms in total. The van der Waals surface area contributed by atoms with Crippen LogP contribution in [0.15, 0.2) is 55.0 Å². The molecule has 7 heteroatoms. The molecule has 0 saturated carbocycles. The Morgan fingerprint density at radius 1 is 1.14 bits per heavy atom. The third-order valence-corrected chi connectivity index (χ3v) is 5.16. The number of benzene rings is 2. The molecule has 0 fully saturated rings. The van der Waals surface area contributed by atoms with E-state index in [1.54, 1.807) is 30.1 Å². The standard InChI is InChI=1S/C22H18FN5O/c1-28-19-11-26-18-9-20(29-2)15(12-5-6-25-10-12)8-16(18)21(19)22(27-28)14-4-3-13(24)7-17(14)23/h3-11,25H,24H2,1-2H3. The van der Waals surface area contributed by atoms with Gasteiger partial charge in [-0.15, -0.1) is 0 Å². The van der Waals surface area contributed by atoms with E-state index < -0.39 is 5.82 Å². The summed E-state index contributed by atoms with van der Waals surface area (Å²) in [7, 11) is 3.46. The number of fused-ring (bicyclic) bond motifs is 3. The van der Waals surface area contributed by atoms with E-state index in [1.807, 2.05) is 37.6 Å². The molecule has 0 aliphatic rings. The molecule has 3 heterocycles. The molecule has 3 N–H and O–H groups in total. The van der Waals surface area contributed by atoms with Crippen molar-refractivity contribution in [3.63, 3.8) is 0 Å². The number of pyridine rings is 1. The lowest BCUT2D eigenvalue weighted by Gasteiger charge is -2.10. The SMILES string of the molecule is COc1cc2ncc3c(c(-c4ccc(N)cc4F)nn3C)c2cc1-c1cc[nH]c1. The van der Waals surface area contributed by atoms with Crippen LogP contribution < -0.4 is 10.5 Å². The first-order chi connectivity index (χ1) is 14.1. The molecule has 29 heavy (non-hydrogen) atoms. The van der Waals surface area contributed by atoms with Gasteiger partial charge in [-0.3, -0.25) is 9.67 Å². The van der Waals surface area contributed by atoms with Gasteiger partial charge in [0.05, 0.1) is 24.3 Å². The van der Waals surface area contributed by atoms with E-state index in [0.29, 0.717) is 22.7 Å². The van der Waals surface area contributed by atoms with Crippen molar-refractivity contribution in [3.8, 4) is 28.1 Å². The van der Waals surface area contributed by atoms with Crippen LogP contribution in [-0.4, -0.2) is 26.9 Å². The maximum absolute atomic E-state index is 14.7. The van der Waals surface area contributed by atoms with Crippen molar-refractivity contribution in [3.05, 3.63) is 60.8 Å². The molecule has 0 unspecified atom stereocenters. The number of aromatic nitrogens is 4. The van der Waals surface area contributed by atoms with E-state index in [9.17, 15) is 4.39 Å². The summed E-state index contributed by atoms with van der Waals surface area (Å²) < 4.78 is 22.0. The molecule has 0 radical (unpaired) electrons. The van der Waals surface area contributed by atoms with Gasteiger partial charge in [-0.1, -0.05) is 0 Å². The summed E-state index contributed by atoms with van der Waals surface area (Å²) in [6, 6.07) is 10.5. The summed E-state index contributed by atoms with van der Waals surface area (Å²) in [5.74, 6) is 0.308. The van der Waals surface area contributed by atoms with Crippen LogP contribution in [0.3, 0.4) is 0 Å². The van der Waals surface area contributed by atoms with Crippen molar-refractivity contribution in [2.45, 2.75) is 0 Å². The highest BCUT2D eigenvalue weighted by Crippen LogP contribution is 2.39. The van der Waals surface area contributed by atoms with Gasteiger partial charge >= 0.3 is 0 Å². The maximum atomic E-state index is 14.7. The molecular formula is C22H18FN5O. The van der Waals surface area contributed by atoms with Crippen molar-refractivity contribution in [1.29, 1.82) is 0 Å². The maximum Gasteiger partial charge on any atom is 0.134 e. The Morgan fingerprint density at radius 2 is 2.00 bits per heavy atom. The highest BCUT2D eigenvalue weighted by atomic mass is 19.1. The first-order valence-electron chi connectivity index (χ1n) is 9.09. The lowest BCUT2D eigenvalue weighted by molar-refractivity contribution is 0.417. The van der Waals surface area contributed by atoms with Gasteiger partial charge in [-0.2, -0.15) is 5.10 Å². The topological polar surface area (TPSA) is 81.8 Å². The first-order valence-corrected chi connectivity index (χ1v) is 9.09. The fraction of sp³-hybridized carbons (Fsp3) is 0.0909. The number of H-pyrrole nitrogens is 1. The van der Waals surface area contributed by atoms with E-state index in [2.05, 4.69) is 15.1 Å². The quantitative estimate of drug-likeness (QED) is 0.446. The Morgan fingerprint density at radius 3 is 2.72 bits per heavy atom. The van der Waals surface area contributed by atoms with Gasteiger partial charge in [0.15, 0.2) is 0 Å². The average Bonchev–Trinajstić information content (AvgIpc) is 3.35. The van der Waals surface area contributed by atoms with E-state index in [4.69, 9.17) is 10.5 Å². The molecule has 0 aliphatic carbocycles. The fourth-order valence-electron chi connectivity index (χ4n) is 3.76. The Labute approximate surface area is 165 Å². The number of hydrogen-bond donors (Lipinski definition) is 2. The van der Waals surface area contributed by atoms with Gasteiger partial charge in [-0.05, 0) is 30.3 Å². The Hall–Kier alpha value is -3.87. The van der Waals surface area contributed by atoms with Crippen molar-refractivity contribution >= 4 is 27.5 Å². The molecule has 0 atom stereocenters. The Kier molecular flexibility index (Phi) is 3.77. The van der Waals surface area contributed by atoms with Gasteiger partial charge < -0.3 is 15.5 Å². The van der Waals surface area contributed by atoms with Crippen LogP contribution in [0.5, 0.6) is 5.75 Å². The molecule has 144 valence electrons. The third kappa shape index (κ3) is 2.62. The summed E-state index contributed by atoms with van der Waals surface area (Å²) in [5.41, 5.74) is 10.5. The Balaban J connectivity index is 1.89. The number of halogens is 1. The number of methoxy groups -OCH3 is 1. The number of nitrogens with zero attached hydrogens (tertiary/aromatic N) is 3. The van der Waals surface area contributed by atoms with Gasteiger partial charge in [0.25, 0.3) is 0 Å². The summed E-state index contributed by atoms with van der Waals surface area (Å²) in [5, 5.41) is 6.30. The lowest BCUT2D eigenvalue weighted by Crippen LogP contribution is -1.92. The zero-order valence-corrected chi connectivity index (χ0v) is 15.9. The minimum absolute atomic E-state index is 0.373. The number of aromatic amines is 1. The van der Waals surface area contributed by atoms with Crippen molar-refractivity contribution in [2.75, 3.05) is 12.8 Å². The molecule has 0 amide bonds. The number of nitrogens with two attached hydrogens (primary N) is 1. The molecular weight excluding hydrogens is 369 g/mol. The number of nitrogens with one attached hydrogen (secondary N) is 1. The summed E-state index contributed by atoms with van der Waals surface area (Å²) in [6.07, 6.45) is 5.51. The number of anilines is 1. The summed E-state index contributed by atoms with van der Waals surface area (Å²) in [4.78, 5) is 7.65. The molecule has 3 aromatic heterocycles. The molecule has 5 rings (SSSR count). The van der Waals surface area contributed by atoms with E-state index in [1.165, 1.54) is 6.07 Å². The van der Waals surface area contributed by atoms with Crippen molar-refractivity contribution < 1.29 is 9.13 Å². The highest BCUT2D eigenvalue weighted by Gasteiger charge is 2.19. The van der Waals surface area contributed by atoms with Crippen LogP contribution >= 0.6 is 0 Å². The van der Waals surface area contributed by atoms with Crippen LogP contribution in [0.1, 0.15) is 0 Å². The normalized spacial score (nSPS) is 11.4. The first kappa shape index (κ1) is 17.2. The zero-order chi connectivity index (χ0) is 20.1. The van der Waals surface area contributed by atoms with Crippen LogP contribution in [-0.2, 0) is 7.05 Å². The molecule has 0 spiro atoms. The molecule has 0 aliphatic heterocycles. The van der Waals surface area contributed by atoms with Gasteiger partial charge in [0.2, 0.25) is 0 Å².